The molecule has 9 heteroatoms. The largest absolute Gasteiger partial charge is 0.421 e. The zero-order valence-electron chi connectivity index (χ0n) is 15.6. The lowest BCUT2D eigenvalue weighted by molar-refractivity contribution is -0.129. The first kappa shape index (κ1) is 17.9. The molecule has 0 saturated carbocycles. The predicted molar refractivity (Wildman–Crippen MR) is 104 cm³/mol. The molecule has 0 atom stereocenters. The van der Waals surface area contributed by atoms with Crippen molar-refractivity contribution in [2.75, 3.05) is 43.4 Å². The van der Waals surface area contributed by atoms with Gasteiger partial charge >= 0.3 is 0 Å². The number of benzene rings is 1. The van der Waals surface area contributed by atoms with Crippen molar-refractivity contribution in [2.24, 2.45) is 0 Å². The molecule has 0 aliphatic carbocycles. The Morgan fingerprint density at radius 3 is 2.82 bits per heavy atom. The molecule has 1 amide bonds. The minimum absolute atomic E-state index is 0.0879. The molecule has 144 valence electrons. The fourth-order valence-corrected chi connectivity index (χ4v) is 2.92. The third kappa shape index (κ3) is 4.08. The Balaban J connectivity index is 1.33. The number of amides is 1. The summed E-state index contributed by atoms with van der Waals surface area (Å²) in [5.41, 5.74) is 0.899. The fraction of sp³-hybridized carbons (Fsp3) is 0.316. The average molecular weight is 379 g/mol. The molecular weight excluding hydrogens is 358 g/mol. The zero-order chi connectivity index (χ0) is 19.3. The first-order valence-electron chi connectivity index (χ1n) is 9.12. The van der Waals surface area contributed by atoms with E-state index in [0.29, 0.717) is 43.7 Å². The topological polar surface area (TPSA) is 100 Å². The highest BCUT2D eigenvalue weighted by Gasteiger charge is 2.22. The standard InChI is InChI=1S/C19H21N7O2/c1-25-9-10-26(12-18(25)27)16-11-15(21-13-22-16)20-8-7-17-23-24-19(28-17)14-5-3-2-4-6-14/h2-6,11,13H,7-10,12H2,1H3,(H,20,21,22). The van der Waals surface area contributed by atoms with Crippen molar-refractivity contribution in [3.05, 3.63) is 48.6 Å². The van der Waals surface area contributed by atoms with Crippen molar-refractivity contribution in [1.82, 2.24) is 25.1 Å². The highest BCUT2D eigenvalue weighted by Crippen LogP contribution is 2.18. The van der Waals surface area contributed by atoms with E-state index in [9.17, 15) is 4.79 Å². The number of nitrogens with one attached hydrogen (secondary N) is 1. The molecule has 0 spiro atoms. The summed E-state index contributed by atoms with van der Waals surface area (Å²) in [5, 5.41) is 11.4. The van der Waals surface area contributed by atoms with Crippen molar-refractivity contribution in [1.29, 1.82) is 0 Å². The van der Waals surface area contributed by atoms with Crippen LogP contribution in [0, 0.1) is 0 Å². The lowest BCUT2D eigenvalue weighted by atomic mass is 10.2. The second-order valence-electron chi connectivity index (χ2n) is 6.54. The van der Waals surface area contributed by atoms with Crippen LogP contribution in [0.1, 0.15) is 5.89 Å². The van der Waals surface area contributed by atoms with Gasteiger partial charge < -0.3 is 19.5 Å². The maximum atomic E-state index is 11.9. The monoisotopic (exact) mass is 379 g/mol. The molecule has 3 heterocycles. The van der Waals surface area contributed by atoms with Gasteiger partial charge in [-0.1, -0.05) is 18.2 Å². The van der Waals surface area contributed by atoms with Gasteiger partial charge in [-0.2, -0.15) is 0 Å². The molecule has 1 fully saturated rings. The molecule has 4 rings (SSSR count). The number of rotatable bonds is 6. The number of hydrogen-bond donors (Lipinski definition) is 1. The van der Waals surface area contributed by atoms with Crippen LogP contribution in [0.3, 0.4) is 0 Å². The van der Waals surface area contributed by atoms with Crippen molar-refractivity contribution >= 4 is 17.5 Å². The summed E-state index contributed by atoms with van der Waals surface area (Å²) in [6.07, 6.45) is 2.08. The lowest BCUT2D eigenvalue weighted by Gasteiger charge is -2.32. The number of carbonyl (C=O) groups is 1. The van der Waals surface area contributed by atoms with Crippen LogP contribution in [-0.4, -0.2) is 64.2 Å². The minimum atomic E-state index is 0.0879. The van der Waals surface area contributed by atoms with Crippen LogP contribution >= 0.6 is 0 Å². The van der Waals surface area contributed by atoms with Crippen molar-refractivity contribution in [2.45, 2.75) is 6.42 Å². The van der Waals surface area contributed by atoms with Gasteiger partial charge in [0.15, 0.2) is 0 Å². The van der Waals surface area contributed by atoms with Crippen LogP contribution in [0.4, 0.5) is 11.6 Å². The summed E-state index contributed by atoms with van der Waals surface area (Å²) >= 11 is 0. The van der Waals surface area contributed by atoms with E-state index < -0.39 is 0 Å². The van der Waals surface area contributed by atoms with Crippen molar-refractivity contribution in [3.8, 4) is 11.5 Å². The number of piperazine rings is 1. The quantitative estimate of drug-likeness (QED) is 0.687. The van der Waals surface area contributed by atoms with Gasteiger partial charge in [-0.15, -0.1) is 10.2 Å². The van der Waals surface area contributed by atoms with E-state index in [1.54, 1.807) is 4.90 Å². The number of hydrogen-bond acceptors (Lipinski definition) is 8. The van der Waals surface area contributed by atoms with Crippen molar-refractivity contribution < 1.29 is 9.21 Å². The molecular formula is C19H21N7O2. The molecule has 1 aromatic carbocycles. The van der Waals surface area contributed by atoms with E-state index in [1.165, 1.54) is 6.33 Å². The van der Waals surface area contributed by atoms with E-state index in [-0.39, 0.29) is 5.91 Å². The maximum absolute atomic E-state index is 11.9. The van der Waals surface area contributed by atoms with Crippen LogP contribution in [0.25, 0.3) is 11.5 Å². The first-order valence-corrected chi connectivity index (χ1v) is 9.12. The number of likely N-dealkylation sites (N-methyl/N-ethyl adjacent to an activating group) is 1. The van der Waals surface area contributed by atoms with E-state index in [0.717, 1.165) is 17.9 Å². The highest BCUT2D eigenvalue weighted by atomic mass is 16.4. The normalized spacial score (nSPS) is 14.4. The van der Waals surface area contributed by atoms with Crippen LogP contribution in [0.5, 0.6) is 0 Å². The lowest BCUT2D eigenvalue weighted by Crippen LogP contribution is -2.48. The highest BCUT2D eigenvalue weighted by molar-refractivity contribution is 5.82. The van der Waals surface area contributed by atoms with Gasteiger partial charge in [-0.25, -0.2) is 9.97 Å². The predicted octanol–water partition coefficient (Wildman–Crippen LogP) is 1.46. The third-order valence-electron chi connectivity index (χ3n) is 4.57. The summed E-state index contributed by atoms with van der Waals surface area (Å²) in [4.78, 5) is 24.1. The second kappa shape index (κ2) is 8.03. The Morgan fingerprint density at radius 2 is 2.00 bits per heavy atom. The number of carbonyl (C=O) groups excluding carboxylic acids is 1. The number of aromatic nitrogens is 4. The number of nitrogens with zero attached hydrogens (tertiary/aromatic N) is 6. The molecule has 1 aliphatic rings. The van der Waals surface area contributed by atoms with Crippen molar-refractivity contribution in [3.63, 3.8) is 0 Å². The summed E-state index contributed by atoms with van der Waals surface area (Å²) in [7, 11) is 1.81. The molecule has 1 saturated heterocycles. The van der Waals surface area contributed by atoms with Gasteiger partial charge in [0.2, 0.25) is 17.7 Å². The van der Waals surface area contributed by atoms with Crippen LogP contribution in [0.15, 0.2) is 47.1 Å². The van der Waals surface area contributed by atoms with Gasteiger partial charge in [0.1, 0.15) is 18.0 Å². The molecule has 3 aromatic rings. The second-order valence-corrected chi connectivity index (χ2v) is 6.54. The minimum Gasteiger partial charge on any atom is -0.421 e. The first-order chi connectivity index (χ1) is 13.7. The van der Waals surface area contributed by atoms with E-state index in [1.807, 2.05) is 48.3 Å². The molecule has 0 bridgehead atoms. The Bertz CT molecular complexity index is 944. The average Bonchev–Trinajstić information content (AvgIpc) is 3.20. The maximum Gasteiger partial charge on any atom is 0.247 e. The Kier molecular flexibility index (Phi) is 5.14. The molecule has 0 radical (unpaired) electrons. The molecule has 9 nitrogen and oxygen atoms in total. The van der Waals surface area contributed by atoms with E-state index in [2.05, 4.69) is 25.5 Å². The van der Waals surface area contributed by atoms with Gasteiger partial charge in [0.25, 0.3) is 0 Å². The smallest absolute Gasteiger partial charge is 0.247 e. The van der Waals surface area contributed by atoms with Gasteiger partial charge in [0, 0.05) is 44.7 Å². The summed E-state index contributed by atoms with van der Waals surface area (Å²) in [5.74, 6) is 2.59. The molecule has 2 aromatic heterocycles. The van der Waals surface area contributed by atoms with Crippen LogP contribution < -0.4 is 10.2 Å². The van der Waals surface area contributed by atoms with Gasteiger partial charge in [0.05, 0.1) is 6.54 Å². The van der Waals surface area contributed by atoms with E-state index >= 15 is 0 Å². The number of anilines is 2. The summed E-state index contributed by atoms with van der Waals surface area (Å²) < 4.78 is 5.70. The molecule has 0 unspecified atom stereocenters. The third-order valence-corrected chi connectivity index (χ3v) is 4.57. The Labute approximate surface area is 162 Å². The van der Waals surface area contributed by atoms with Crippen LogP contribution in [0.2, 0.25) is 0 Å². The Morgan fingerprint density at radius 1 is 1.14 bits per heavy atom. The van der Waals surface area contributed by atoms with Gasteiger partial charge in [-0.05, 0) is 12.1 Å². The summed E-state index contributed by atoms with van der Waals surface area (Å²) in [6.45, 7) is 2.36. The van der Waals surface area contributed by atoms with Gasteiger partial charge in [-0.3, -0.25) is 4.79 Å². The molecule has 28 heavy (non-hydrogen) atoms. The van der Waals surface area contributed by atoms with Crippen LogP contribution in [-0.2, 0) is 11.2 Å². The Hall–Kier alpha value is -3.49. The van der Waals surface area contributed by atoms with E-state index in [4.69, 9.17) is 4.42 Å². The fourth-order valence-electron chi connectivity index (χ4n) is 2.92. The molecule has 1 aliphatic heterocycles. The molecule has 1 N–H and O–H groups in total. The summed E-state index contributed by atoms with van der Waals surface area (Å²) in [6, 6.07) is 11.5. The zero-order valence-corrected chi connectivity index (χ0v) is 15.6. The SMILES string of the molecule is CN1CCN(c2cc(NCCc3nnc(-c4ccccc4)o3)ncn2)CC1=O.